The highest BCUT2D eigenvalue weighted by atomic mass is 35.5. The smallest absolute Gasteiger partial charge is 0.00104 e. The zero-order chi connectivity index (χ0) is 10.6. The maximum Gasteiger partial charge on any atom is 0.00104 e. The zero-order valence-electron chi connectivity index (χ0n) is 10.6. The van der Waals surface area contributed by atoms with Crippen LogP contribution in [-0.4, -0.2) is 6.04 Å². The number of nitrogens with two attached hydrogens (primary N) is 1. The molecule has 0 aromatic rings. The van der Waals surface area contributed by atoms with Crippen LogP contribution in [0.1, 0.15) is 78.1 Å². The van der Waals surface area contributed by atoms with Crippen LogP contribution in [0.15, 0.2) is 0 Å². The highest BCUT2D eigenvalue weighted by Gasteiger charge is 1.94. The molecule has 0 saturated carbocycles. The maximum atomic E-state index is 5.69. The van der Waals surface area contributed by atoms with Crippen molar-refractivity contribution in [2.45, 2.75) is 84.1 Å². The molecule has 0 bridgehead atoms. The topological polar surface area (TPSA) is 26.0 Å². The Labute approximate surface area is 103 Å². The Bertz CT molecular complexity index is 105. The fraction of sp³-hybridized carbons (Fsp3) is 1.00. The minimum absolute atomic E-state index is 0. The first-order chi connectivity index (χ1) is 6.77. The molecule has 1 nitrogen and oxygen atoms in total. The first-order valence-electron chi connectivity index (χ1n) is 6.53. The number of halogens is 1. The van der Waals surface area contributed by atoms with Crippen LogP contribution in [-0.2, 0) is 0 Å². The van der Waals surface area contributed by atoms with E-state index in [1.54, 1.807) is 0 Å². The van der Waals surface area contributed by atoms with Crippen LogP contribution in [0.3, 0.4) is 0 Å². The summed E-state index contributed by atoms with van der Waals surface area (Å²) in [5.41, 5.74) is 5.69. The van der Waals surface area contributed by atoms with Crippen molar-refractivity contribution >= 4 is 12.4 Å². The summed E-state index contributed by atoms with van der Waals surface area (Å²) < 4.78 is 0. The van der Waals surface area contributed by atoms with E-state index in [-0.39, 0.29) is 12.4 Å². The molecule has 15 heavy (non-hydrogen) atoms. The normalized spacial score (nSPS) is 12.2. The van der Waals surface area contributed by atoms with Gasteiger partial charge in [-0.25, -0.2) is 0 Å². The van der Waals surface area contributed by atoms with E-state index in [9.17, 15) is 0 Å². The van der Waals surface area contributed by atoms with E-state index >= 15 is 0 Å². The minimum atomic E-state index is 0. The lowest BCUT2D eigenvalue weighted by Gasteiger charge is -2.04. The Morgan fingerprint density at radius 1 is 0.800 bits per heavy atom. The monoisotopic (exact) mass is 235 g/mol. The van der Waals surface area contributed by atoms with E-state index in [4.69, 9.17) is 5.73 Å². The lowest BCUT2D eigenvalue weighted by atomic mass is 10.1. The molecular weight excluding hydrogens is 206 g/mol. The average molecular weight is 236 g/mol. The highest BCUT2D eigenvalue weighted by Crippen LogP contribution is 2.10. The molecule has 0 heterocycles. The second-order valence-electron chi connectivity index (χ2n) is 4.59. The van der Waals surface area contributed by atoms with E-state index in [0.29, 0.717) is 6.04 Å². The molecule has 0 aliphatic heterocycles. The van der Waals surface area contributed by atoms with Crippen molar-refractivity contribution in [3.05, 3.63) is 0 Å². The molecule has 0 radical (unpaired) electrons. The Morgan fingerprint density at radius 2 is 1.20 bits per heavy atom. The summed E-state index contributed by atoms with van der Waals surface area (Å²) in [5.74, 6) is 0. The Balaban J connectivity index is 0. The molecule has 1 atom stereocenters. The van der Waals surface area contributed by atoms with Crippen molar-refractivity contribution in [1.29, 1.82) is 0 Å². The van der Waals surface area contributed by atoms with Gasteiger partial charge in [0.2, 0.25) is 0 Å². The third-order valence-corrected chi connectivity index (χ3v) is 2.76. The predicted octanol–water partition coefficient (Wildman–Crippen LogP) is 4.68. The van der Waals surface area contributed by atoms with E-state index in [2.05, 4.69) is 13.8 Å². The number of hydrogen-bond acceptors (Lipinski definition) is 1. The summed E-state index contributed by atoms with van der Waals surface area (Å²) in [4.78, 5) is 0. The van der Waals surface area contributed by atoms with Gasteiger partial charge < -0.3 is 5.73 Å². The van der Waals surface area contributed by atoms with Crippen LogP contribution >= 0.6 is 12.4 Å². The second kappa shape index (κ2) is 14.2. The van der Waals surface area contributed by atoms with Crippen LogP contribution in [0.4, 0.5) is 0 Å². The lowest BCUT2D eigenvalue weighted by molar-refractivity contribution is 0.537. The van der Waals surface area contributed by atoms with Crippen molar-refractivity contribution in [3.8, 4) is 0 Å². The van der Waals surface area contributed by atoms with Crippen LogP contribution in [0.2, 0.25) is 0 Å². The number of rotatable bonds is 10. The standard InChI is InChI=1S/C13H29N.ClH/c1-3-4-5-6-7-8-9-10-11-12-13(2)14;/h13H,3-12,14H2,1-2H3;1H. The Kier molecular flexibility index (Phi) is 16.8. The van der Waals surface area contributed by atoms with E-state index < -0.39 is 0 Å². The van der Waals surface area contributed by atoms with E-state index in [1.807, 2.05) is 0 Å². The number of unbranched alkanes of at least 4 members (excludes halogenated alkanes) is 8. The molecule has 1 unspecified atom stereocenters. The van der Waals surface area contributed by atoms with Crippen LogP contribution < -0.4 is 5.73 Å². The summed E-state index contributed by atoms with van der Waals surface area (Å²) in [7, 11) is 0. The molecule has 2 N–H and O–H groups in total. The van der Waals surface area contributed by atoms with Gasteiger partial charge in [-0.2, -0.15) is 0 Å². The first-order valence-corrected chi connectivity index (χ1v) is 6.53. The average Bonchev–Trinajstić information content (AvgIpc) is 2.15. The summed E-state index contributed by atoms with van der Waals surface area (Å²) >= 11 is 0. The van der Waals surface area contributed by atoms with Crippen LogP contribution in [0, 0.1) is 0 Å². The zero-order valence-corrected chi connectivity index (χ0v) is 11.5. The molecule has 0 spiro atoms. The molecule has 0 aliphatic carbocycles. The fourth-order valence-corrected chi connectivity index (χ4v) is 1.78. The van der Waals surface area contributed by atoms with Gasteiger partial charge in [0.15, 0.2) is 0 Å². The Morgan fingerprint density at radius 3 is 1.60 bits per heavy atom. The predicted molar refractivity (Wildman–Crippen MR) is 72.7 cm³/mol. The lowest BCUT2D eigenvalue weighted by Crippen LogP contribution is -2.13. The van der Waals surface area contributed by atoms with Crippen LogP contribution in [0.5, 0.6) is 0 Å². The molecule has 94 valence electrons. The van der Waals surface area contributed by atoms with Gasteiger partial charge in [0, 0.05) is 6.04 Å². The molecule has 0 aliphatic rings. The van der Waals surface area contributed by atoms with Gasteiger partial charge in [0.05, 0.1) is 0 Å². The maximum absolute atomic E-state index is 5.69. The van der Waals surface area contributed by atoms with Crippen molar-refractivity contribution in [2.24, 2.45) is 5.73 Å². The molecule has 0 aromatic carbocycles. The molecular formula is C13H30ClN. The molecule has 0 rings (SSSR count). The fourth-order valence-electron chi connectivity index (χ4n) is 1.78. The van der Waals surface area contributed by atoms with E-state index in [0.717, 1.165) is 0 Å². The summed E-state index contributed by atoms with van der Waals surface area (Å²) in [6.45, 7) is 4.37. The Hall–Kier alpha value is 0.250. The van der Waals surface area contributed by atoms with Gasteiger partial charge in [-0.15, -0.1) is 12.4 Å². The van der Waals surface area contributed by atoms with Gasteiger partial charge in [0.1, 0.15) is 0 Å². The largest absolute Gasteiger partial charge is 0.328 e. The van der Waals surface area contributed by atoms with Crippen LogP contribution in [0.25, 0.3) is 0 Å². The van der Waals surface area contributed by atoms with Crippen molar-refractivity contribution in [1.82, 2.24) is 0 Å². The van der Waals surface area contributed by atoms with Gasteiger partial charge in [-0.1, -0.05) is 64.7 Å². The molecule has 0 fully saturated rings. The molecule has 2 heteroatoms. The minimum Gasteiger partial charge on any atom is -0.328 e. The van der Waals surface area contributed by atoms with Crippen molar-refractivity contribution < 1.29 is 0 Å². The molecule has 0 aromatic heterocycles. The third-order valence-electron chi connectivity index (χ3n) is 2.76. The van der Waals surface area contributed by atoms with E-state index in [1.165, 1.54) is 64.2 Å². The quantitative estimate of drug-likeness (QED) is 0.547. The molecule has 0 amide bonds. The second-order valence-corrected chi connectivity index (χ2v) is 4.59. The molecule has 0 saturated heterocycles. The number of hydrogen-bond donors (Lipinski definition) is 1. The first kappa shape index (κ1) is 17.6. The third kappa shape index (κ3) is 16.9. The van der Waals surface area contributed by atoms with Crippen molar-refractivity contribution in [2.75, 3.05) is 0 Å². The van der Waals surface area contributed by atoms with Crippen molar-refractivity contribution in [3.63, 3.8) is 0 Å². The summed E-state index contributed by atoms with van der Waals surface area (Å²) in [6.07, 6.45) is 13.9. The SMILES string of the molecule is CCCCCCCCCCCC(C)N.Cl. The van der Waals surface area contributed by atoms with Gasteiger partial charge >= 0.3 is 0 Å². The van der Waals surface area contributed by atoms with Gasteiger partial charge in [-0.05, 0) is 13.3 Å². The highest BCUT2D eigenvalue weighted by molar-refractivity contribution is 5.85. The summed E-state index contributed by atoms with van der Waals surface area (Å²) in [6, 6.07) is 0.402. The summed E-state index contributed by atoms with van der Waals surface area (Å²) in [5, 5.41) is 0. The van der Waals surface area contributed by atoms with Gasteiger partial charge in [-0.3, -0.25) is 0 Å². The van der Waals surface area contributed by atoms with Gasteiger partial charge in [0.25, 0.3) is 0 Å².